The maximum atomic E-state index is 12.4. The fourth-order valence-corrected chi connectivity index (χ4v) is 2.52. The summed E-state index contributed by atoms with van der Waals surface area (Å²) in [5.74, 6) is -0.0518. The molecule has 82 valence electrons. The maximum absolute atomic E-state index is 12.4. The van der Waals surface area contributed by atoms with Crippen LogP contribution in [0.15, 0.2) is 0 Å². The van der Waals surface area contributed by atoms with Crippen molar-refractivity contribution >= 4 is 0 Å². The normalized spacial score (nSPS) is 33.0. The van der Waals surface area contributed by atoms with Crippen LogP contribution in [0.2, 0.25) is 0 Å². The van der Waals surface area contributed by atoms with Gasteiger partial charge in [-0.25, -0.2) is 8.78 Å². The molecule has 14 heavy (non-hydrogen) atoms. The molecule has 0 bridgehead atoms. The summed E-state index contributed by atoms with van der Waals surface area (Å²) in [6.07, 6.45) is 2.25. The van der Waals surface area contributed by atoms with Gasteiger partial charge in [-0.15, -0.1) is 0 Å². The SMILES string of the molecule is NC(C(F)F)C1CCOC2(CCC2)C1. The van der Waals surface area contributed by atoms with Crippen LogP contribution in [-0.4, -0.2) is 24.7 Å². The van der Waals surface area contributed by atoms with Crippen molar-refractivity contribution in [3.8, 4) is 0 Å². The summed E-state index contributed by atoms with van der Waals surface area (Å²) in [4.78, 5) is 0. The summed E-state index contributed by atoms with van der Waals surface area (Å²) in [7, 11) is 0. The summed E-state index contributed by atoms with van der Waals surface area (Å²) in [6.45, 7) is 0.602. The average molecular weight is 205 g/mol. The minimum atomic E-state index is -2.39. The lowest BCUT2D eigenvalue weighted by atomic mass is 9.70. The Balaban J connectivity index is 1.93. The molecule has 0 aromatic heterocycles. The molecule has 0 radical (unpaired) electrons. The topological polar surface area (TPSA) is 35.2 Å². The van der Waals surface area contributed by atoms with E-state index in [1.165, 1.54) is 0 Å². The average Bonchev–Trinajstić information content (AvgIpc) is 2.14. The number of ether oxygens (including phenoxy) is 1. The van der Waals surface area contributed by atoms with Crippen LogP contribution in [0.1, 0.15) is 32.1 Å². The number of alkyl halides is 2. The van der Waals surface area contributed by atoms with Crippen molar-refractivity contribution in [1.29, 1.82) is 0 Å². The summed E-state index contributed by atoms with van der Waals surface area (Å²) in [5.41, 5.74) is 5.41. The predicted molar refractivity (Wildman–Crippen MR) is 49.2 cm³/mol. The third-order valence-electron chi connectivity index (χ3n) is 3.63. The zero-order valence-electron chi connectivity index (χ0n) is 8.22. The quantitative estimate of drug-likeness (QED) is 0.747. The van der Waals surface area contributed by atoms with Crippen LogP contribution < -0.4 is 5.73 Å². The molecule has 2 atom stereocenters. The molecule has 2 aliphatic rings. The van der Waals surface area contributed by atoms with Gasteiger partial charge in [0, 0.05) is 6.61 Å². The first-order valence-electron chi connectivity index (χ1n) is 5.31. The molecule has 1 saturated heterocycles. The van der Waals surface area contributed by atoms with Gasteiger partial charge in [0.25, 0.3) is 6.43 Å². The maximum Gasteiger partial charge on any atom is 0.253 e. The lowest BCUT2D eigenvalue weighted by Gasteiger charge is -2.48. The summed E-state index contributed by atoms with van der Waals surface area (Å²) < 4.78 is 30.5. The zero-order chi connectivity index (χ0) is 10.2. The second kappa shape index (κ2) is 3.74. The van der Waals surface area contributed by atoms with Gasteiger partial charge in [0.05, 0.1) is 11.6 Å². The molecule has 1 saturated carbocycles. The van der Waals surface area contributed by atoms with Gasteiger partial charge in [0.2, 0.25) is 0 Å². The molecule has 2 nitrogen and oxygen atoms in total. The number of hydrogen-bond donors (Lipinski definition) is 1. The Hall–Kier alpha value is -0.220. The number of hydrogen-bond acceptors (Lipinski definition) is 2. The van der Waals surface area contributed by atoms with Gasteiger partial charge >= 0.3 is 0 Å². The van der Waals surface area contributed by atoms with Crippen LogP contribution in [0, 0.1) is 5.92 Å². The van der Waals surface area contributed by atoms with Crippen molar-refractivity contribution in [2.75, 3.05) is 6.61 Å². The Kier molecular flexibility index (Phi) is 2.75. The molecule has 1 spiro atoms. The van der Waals surface area contributed by atoms with Crippen molar-refractivity contribution in [2.24, 2.45) is 11.7 Å². The zero-order valence-corrected chi connectivity index (χ0v) is 8.22. The first-order chi connectivity index (χ1) is 6.63. The van der Waals surface area contributed by atoms with E-state index in [1.54, 1.807) is 0 Å². The molecule has 4 heteroatoms. The molecule has 0 aromatic carbocycles. The van der Waals surface area contributed by atoms with Gasteiger partial charge in [0.1, 0.15) is 0 Å². The van der Waals surface area contributed by atoms with Gasteiger partial charge in [-0.1, -0.05) is 0 Å². The van der Waals surface area contributed by atoms with E-state index in [-0.39, 0.29) is 11.5 Å². The third-order valence-corrected chi connectivity index (χ3v) is 3.63. The van der Waals surface area contributed by atoms with Crippen molar-refractivity contribution in [2.45, 2.75) is 50.2 Å². The Morgan fingerprint density at radius 3 is 2.57 bits per heavy atom. The highest BCUT2D eigenvalue weighted by atomic mass is 19.3. The van der Waals surface area contributed by atoms with E-state index >= 15 is 0 Å². The standard InChI is InChI=1S/C10H17F2NO/c11-9(12)8(13)7-2-5-14-10(6-7)3-1-4-10/h7-9H,1-6,13H2. The van der Waals surface area contributed by atoms with Crippen LogP contribution in [0.4, 0.5) is 8.78 Å². The second-order valence-electron chi connectivity index (χ2n) is 4.55. The third kappa shape index (κ3) is 1.77. The molecule has 2 N–H and O–H groups in total. The van der Waals surface area contributed by atoms with Gasteiger partial charge in [-0.3, -0.25) is 0 Å². The minimum absolute atomic E-state index is 0.0518. The molecule has 1 aliphatic carbocycles. The number of nitrogens with two attached hydrogens (primary N) is 1. The van der Waals surface area contributed by atoms with Crippen molar-refractivity contribution in [3.05, 3.63) is 0 Å². The first kappa shape index (κ1) is 10.3. The van der Waals surface area contributed by atoms with Crippen LogP contribution in [0.25, 0.3) is 0 Å². The molecular formula is C10H17F2NO. The highest BCUT2D eigenvalue weighted by Crippen LogP contribution is 2.45. The smallest absolute Gasteiger partial charge is 0.253 e. The predicted octanol–water partition coefficient (Wildman–Crippen LogP) is 1.93. The Morgan fingerprint density at radius 2 is 2.07 bits per heavy atom. The molecule has 2 unspecified atom stereocenters. The second-order valence-corrected chi connectivity index (χ2v) is 4.55. The molecule has 0 aromatic rings. The van der Waals surface area contributed by atoms with Crippen LogP contribution in [0.5, 0.6) is 0 Å². The van der Waals surface area contributed by atoms with Crippen molar-refractivity contribution in [1.82, 2.24) is 0 Å². The number of halogens is 2. The summed E-state index contributed by atoms with van der Waals surface area (Å²) in [5, 5.41) is 0. The van der Waals surface area contributed by atoms with Gasteiger partial charge in [-0.2, -0.15) is 0 Å². The van der Waals surface area contributed by atoms with E-state index in [1.807, 2.05) is 0 Å². The largest absolute Gasteiger partial charge is 0.375 e. The van der Waals surface area contributed by atoms with Gasteiger partial charge in [-0.05, 0) is 38.0 Å². The Morgan fingerprint density at radius 1 is 1.36 bits per heavy atom. The summed E-state index contributed by atoms with van der Waals surface area (Å²) in [6, 6.07) is -0.962. The molecule has 0 amide bonds. The molecule has 1 aliphatic heterocycles. The highest BCUT2D eigenvalue weighted by molar-refractivity contribution is 4.96. The molecule has 2 rings (SSSR count). The molecule has 2 fully saturated rings. The lowest BCUT2D eigenvalue weighted by molar-refractivity contribution is -0.150. The Labute approximate surface area is 82.8 Å². The van der Waals surface area contributed by atoms with Gasteiger partial charge < -0.3 is 10.5 Å². The van der Waals surface area contributed by atoms with Crippen LogP contribution in [-0.2, 0) is 4.74 Å². The number of rotatable bonds is 2. The van der Waals surface area contributed by atoms with E-state index in [4.69, 9.17) is 10.5 Å². The van der Waals surface area contributed by atoms with E-state index in [9.17, 15) is 8.78 Å². The Bertz CT molecular complexity index is 206. The van der Waals surface area contributed by atoms with Crippen molar-refractivity contribution < 1.29 is 13.5 Å². The minimum Gasteiger partial charge on any atom is -0.375 e. The molecular weight excluding hydrogens is 188 g/mol. The fourth-order valence-electron chi connectivity index (χ4n) is 2.52. The van der Waals surface area contributed by atoms with Crippen molar-refractivity contribution in [3.63, 3.8) is 0 Å². The lowest BCUT2D eigenvalue weighted by Crippen LogP contribution is -2.50. The van der Waals surface area contributed by atoms with Gasteiger partial charge in [0.15, 0.2) is 0 Å². The van der Waals surface area contributed by atoms with Crippen LogP contribution in [0.3, 0.4) is 0 Å². The summed E-state index contributed by atoms with van der Waals surface area (Å²) >= 11 is 0. The monoisotopic (exact) mass is 205 g/mol. The van der Waals surface area contributed by atoms with E-state index in [2.05, 4.69) is 0 Å². The van der Waals surface area contributed by atoms with Crippen LogP contribution >= 0.6 is 0 Å². The van der Waals surface area contributed by atoms with E-state index in [0.717, 1.165) is 25.7 Å². The van der Waals surface area contributed by atoms with E-state index in [0.29, 0.717) is 13.0 Å². The molecule has 1 heterocycles. The fraction of sp³-hybridized carbons (Fsp3) is 1.00. The first-order valence-corrected chi connectivity index (χ1v) is 5.31. The highest BCUT2D eigenvalue weighted by Gasteiger charge is 2.44. The van der Waals surface area contributed by atoms with E-state index < -0.39 is 12.5 Å².